The van der Waals surface area contributed by atoms with Gasteiger partial charge in [-0.15, -0.1) is 0 Å². The number of carbonyl (C=O) groups is 1. The Kier molecular flexibility index (Phi) is 4.61. The van der Waals surface area contributed by atoms with E-state index in [1.54, 1.807) is 0 Å². The van der Waals surface area contributed by atoms with E-state index in [1.165, 1.54) is 12.0 Å². The zero-order chi connectivity index (χ0) is 15.6. The average molecular weight is 307 g/mol. The fourth-order valence-corrected chi connectivity index (χ4v) is 2.15. The maximum absolute atomic E-state index is 13.6. The van der Waals surface area contributed by atoms with Gasteiger partial charge in [0.05, 0.1) is 0 Å². The van der Waals surface area contributed by atoms with Crippen LogP contribution in [0.2, 0.25) is 0 Å². The number of nitrogens with zero attached hydrogens (tertiary/aromatic N) is 3. The predicted molar refractivity (Wildman–Crippen MR) is 64.7 cm³/mol. The van der Waals surface area contributed by atoms with E-state index >= 15 is 0 Å². The second-order valence-corrected chi connectivity index (χ2v) is 4.47. The quantitative estimate of drug-likeness (QED) is 0.616. The zero-order valence-electron chi connectivity index (χ0n) is 11.2. The minimum absolute atomic E-state index is 0.0478. The fourth-order valence-electron chi connectivity index (χ4n) is 2.15. The van der Waals surface area contributed by atoms with Crippen LogP contribution < -0.4 is 4.90 Å². The summed E-state index contributed by atoms with van der Waals surface area (Å²) in [7, 11) is 1.38. The summed E-state index contributed by atoms with van der Waals surface area (Å²) in [5.41, 5.74) is -0.793. The van der Waals surface area contributed by atoms with Crippen LogP contribution in [0.5, 0.6) is 0 Å². The number of carbonyl (C=O) groups excluding carboxylic acids is 1. The number of hydrogen-bond acceptors (Lipinski definition) is 4. The number of methoxy groups -OCH3 is 1. The number of pyridine rings is 1. The molecule has 0 N–H and O–H groups in total. The summed E-state index contributed by atoms with van der Waals surface area (Å²) in [6.07, 6.45) is 0. The van der Waals surface area contributed by atoms with Gasteiger partial charge in [0.15, 0.2) is 0 Å². The van der Waals surface area contributed by atoms with Gasteiger partial charge in [-0.2, -0.15) is 22.5 Å². The summed E-state index contributed by atoms with van der Waals surface area (Å²) in [6, 6.07) is 0. The molecule has 0 bridgehead atoms. The van der Waals surface area contributed by atoms with Crippen molar-refractivity contribution in [2.24, 2.45) is 0 Å². The molecule has 0 radical (unpaired) electrons. The molecule has 1 saturated heterocycles. The van der Waals surface area contributed by atoms with Crippen LogP contribution in [0.3, 0.4) is 0 Å². The van der Waals surface area contributed by atoms with Gasteiger partial charge in [0.1, 0.15) is 12.3 Å². The molecule has 1 aromatic heterocycles. The number of rotatable bonds is 3. The van der Waals surface area contributed by atoms with Crippen molar-refractivity contribution in [3.8, 4) is 0 Å². The summed E-state index contributed by atoms with van der Waals surface area (Å²) in [5, 5.41) is 0. The van der Waals surface area contributed by atoms with Crippen LogP contribution in [-0.2, 0) is 9.53 Å². The van der Waals surface area contributed by atoms with Crippen molar-refractivity contribution in [3.63, 3.8) is 0 Å². The molecule has 2 rings (SSSR count). The Bertz CT molecular complexity index is 522. The molecule has 1 amide bonds. The molecule has 1 fully saturated rings. The van der Waals surface area contributed by atoms with Crippen molar-refractivity contribution in [1.82, 2.24) is 9.88 Å². The largest absolute Gasteiger partial charge is 0.375 e. The SMILES string of the molecule is COCC(=O)N1CCN(c2c(F)c(F)nc(F)c2F)CC1. The lowest BCUT2D eigenvalue weighted by Gasteiger charge is -2.36. The minimum atomic E-state index is -1.69. The highest BCUT2D eigenvalue weighted by Crippen LogP contribution is 2.27. The van der Waals surface area contributed by atoms with E-state index in [0.29, 0.717) is 0 Å². The van der Waals surface area contributed by atoms with Gasteiger partial charge in [-0.25, -0.2) is 0 Å². The van der Waals surface area contributed by atoms with Crippen LogP contribution in [0.25, 0.3) is 0 Å². The third kappa shape index (κ3) is 3.07. The van der Waals surface area contributed by atoms with Gasteiger partial charge >= 0.3 is 0 Å². The van der Waals surface area contributed by atoms with E-state index in [0.717, 1.165) is 4.90 Å². The van der Waals surface area contributed by atoms with Crippen LogP contribution in [-0.4, -0.2) is 55.7 Å². The van der Waals surface area contributed by atoms with Crippen LogP contribution in [0.1, 0.15) is 0 Å². The molecule has 1 aliphatic heterocycles. The molecule has 5 nitrogen and oxygen atoms in total. The Morgan fingerprint density at radius 2 is 1.62 bits per heavy atom. The highest BCUT2D eigenvalue weighted by Gasteiger charge is 2.29. The highest BCUT2D eigenvalue weighted by molar-refractivity contribution is 5.77. The number of halogens is 4. The van der Waals surface area contributed by atoms with Gasteiger partial charge in [-0.05, 0) is 0 Å². The van der Waals surface area contributed by atoms with E-state index in [9.17, 15) is 22.4 Å². The molecular formula is C12H13F4N3O2. The zero-order valence-corrected chi connectivity index (χ0v) is 11.2. The van der Waals surface area contributed by atoms with Gasteiger partial charge in [0.25, 0.3) is 11.9 Å². The van der Waals surface area contributed by atoms with Crippen LogP contribution in [0.15, 0.2) is 0 Å². The third-order valence-electron chi connectivity index (χ3n) is 3.19. The molecule has 1 aliphatic rings. The Hall–Kier alpha value is -1.90. The molecule has 9 heteroatoms. The number of aromatic nitrogens is 1. The fraction of sp³-hybridized carbons (Fsp3) is 0.500. The van der Waals surface area contributed by atoms with E-state index in [2.05, 4.69) is 4.98 Å². The number of hydrogen-bond donors (Lipinski definition) is 0. The molecule has 116 valence electrons. The van der Waals surface area contributed by atoms with Crippen LogP contribution in [0.4, 0.5) is 23.2 Å². The lowest BCUT2D eigenvalue weighted by Crippen LogP contribution is -2.50. The molecule has 0 saturated carbocycles. The number of piperazine rings is 1. The van der Waals surface area contributed by atoms with Gasteiger partial charge in [0.2, 0.25) is 17.5 Å². The molecule has 0 aliphatic carbocycles. The van der Waals surface area contributed by atoms with Crippen molar-refractivity contribution in [2.45, 2.75) is 0 Å². The normalized spacial score (nSPS) is 15.5. The predicted octanol–water partition coefficient (Wildman–Crippen LogP) is 0.933. The summed E-state index contributed by atoms with van der Waals surface area (Å²) in [5.74, 6) is -6.72. The summed E-state index contributed by atoms with van der Waals surface area (Å²) in [6.45, 7) is 0.346. The lowest BCUT2D eigenvalue weighted by molar-refractivity contribution is -0.135. The van der Waals surface area contributed by atoms with Crippen LogP contribution >= 0.6 is 0 Å². The Morgan fingerprint density at radius 1 is 1.10 bits per heavy atom. The van der Waals surface area contributed by atoms with Gasteiger partial charge in [0, 0.05) is 33.3 Å². The highest BCUT2D eigenvalue weighted by atomic mass is 19.2. The molecule has 21 heavy (non-hydrogen) atoms. The number of anilines is 1. The Labute approximate surface area is 118 Å². The van der Waals surface area contributed by atoms with E-state index < -0.39 is 29.2 Å². The van der Waals surface area contributed by atoms with E-state index in [-0.39, 0.29) is 38.7 Å². The maximum Gasteiger partial charge on any atom is 0.253 e. The third-order valence-corrected chi connectivity index (χ3v) is 3.19. The molecule has 0 spiro atoms. The van der Waals surface area contributed by atoms with Crippen molar-refractivity contribution < 1.29 is 27.1 Å². The first-order chi connectivity index (χ1) is 9.95. The van der Waals surface area contributed by atoms with Crippen molar-refractivity contribution >= 4 is 11.6 Å². The second-order valence-electron chi connectivity index (χ2n) is 4.47. The molecular weight excluding hydrogens is 294 g/mol. The molecule has 0 unspecified atom stereocenters. The lowest BCUT2D eigenvalue weighted by atomic mass is 10.2. The van der Waals surface area contributed by atoms with Gasteiger partial charge < -0.3 is 14.5 Å². The van der Waals surface area contributed by atoms with Gasteiger partial charge in [-0.3, -0.25) is 4.79 Å². The van der Waals surface area contributed by atoms with Crippen molar-refractivity contribution in [1.29, 1.82) is 0 Å². The Morgan fingerprint density at radius 3 is 2.10 bits per heavy atom. The van der Waals surface area contributed by atoms with E-state index in [1.807, 2.05) is 0 Å². The molecule has 0 atom stereocenters. The minimum Gasteiger partial charge on any atom is -0.375 e. The maximum atomic E-state index is 13.6. The molecule has 2 heterocycles. The standard InChI is InChI=1S/C12H13F4N3O2/c1-21-6-7(20)18-2-4-19(5-3-18)10-8(13)11(15)17-12(16)9(10)14/h2-6H2,1H3. The van der Waals surface area contributed by atoms with E-state index in [4.69, 9.17) is 4.74 Å². The number of ether oxygens (including phenoxy) is 1. The smallest absolute Gasteiger partial charge is 0.253 e. The first kappa shape index (κ1) is 15.5. The second kappa shape index (κ2) is 6.25. The monoisotopic (exact) mass is 307 g/mol. The van der Waals surface area contributed by atoms with Gasteiger partial charge in [-0.1, -0.05) is 0 Å². The first-order valence-electron chi connectivity index (χ1n) is 6.17. The summed E-state index contributed by atoms with van der Waals surface area (Å²) in [4.78, 5) is 16.7. The van der Waals surface area contributed by atoms with Crippen LogP contribution in [0, 0.1) is 23.5 Å². The van der Waals surface area contributed by atoms with Crippen molar-refractivity contribution in [3.05, 3.63) is 23.5 Å². The topological polar surface area (TPSA) is 45.7 Å². The number of amides is 1. The Balaban J connectivity index is 2.15. The molecule has 0 aromatic carbocycles. The van der Waals surface area contributed by atoms with Crippen molar-refractivity contribution in [2.75, 3.05) is 44.8 Å². The summed E-state index contributed by atoms with van der Waals surface area (Å²) < 4.78 is 58.1. The summed E-state index contributed by atoms with van der Waals surface area (Å²) >= 11 is 0. The molecule has 1 aromatic rings. The first-order valence-corrected chi connectivity index (χ1v) is 6.17. The average Bonchev–Trinajstić information content (AvgIpc) is 2.46.